The van der Waals surface area contributed by atoms with Crippen molar-refractivity contribution in [3.05, 3.63) is 42.0 Å². The third-order valence-corrected chi connectivity index (χ3v) is 3.40. The number of imidazole rings is 1. The van der Waals surface area contributed by atoms with Gasteiger partial charge in [0.25, 0.3) is 0 Å². The summed E-state index contributed by atoms with van der Waals surface area (Å²) in [6, 6.07) is 6.32. The molecule has 1 aromatic heterocycles. The molecule has 0 saturated carbocycles. The molecule has 1 aliphatic heterocycles. The number of methoxy groups -OCH3 is 1. The van der Waals surface area contributed by atoms with Crippen LogP contribution in [0.15, 0.2) is 30.6 Å². The van der Waals surface area contributed by atoms with E-state index in [0.29, 0.717) is 0 Å². The van der Waals surface area contributed by atoms with Gasteiger partial charge >= 0.3 is 0 Å². The molecule has 1 aliphatic rings. The van der Waals surface area contributed by atoms with Gasteiger partial charge in [-0.05, 0) is 36.6 Å². The normalized spacial score (nSPS) is 14.4. The number of H-pyrrole nitrogens is 1. The topological polar surface area (TPSA) is 41.1 Å². The minimum atomic E-state index is 0.840. The van der Waals surface area contributed by atoms with Crippen molar-refractivity contribution in [2.75, 3.05) is 18.6 Å². The van der Waals surface area contributed by atoms with Gasteiger partial charge in [0.05, 0.1) is 13.7 Å². The highest BCUT2D eigenvalue weighted by atomic mass is 16.5. The summed E-state index contributed by atoms with van der Waals surface area (Å²) in [6.45, 7) is 1.92. The van der Waals surface area contributed by atoms with Crippen molar-refractivity contribution in [2.45, 2.75) is 19.4 Å². The second kappa shape index (κ2) is 4.72. The van der Waals surface area contributed by atoms with E-state index in [2.05, 4.69) is 27.0 Å². The van der Waals surface area contributed by atoms with E-state index in [0.717, 1.165) is 31.1 Å². The van der Waals surface area contributed by atoms with Crippen LogP contribution in [0.1, 0.15) is 17.8 Å². The lowest BCUT2D eigenvalue weighted by Crippen LogP contribution is -2.29. The van der Waals surface area contributed by atoms with E-state index in [4.69, 9.17) is 4.74 Å². The number of aryl methyl sites for hydroxylation is 1. The molecule has 94 valence electrons. The predicted molar refractivity (Wildman–Crippen MR) is 71.0 cm³/mol. The van der Waals surface area contributed by atoms with Gasteiger partial charge < -0.3 is 14.6 Å². The molecule has 1 N–H and O–H groups in total. The van der Waals surface area contributed by atoms with Gasteiger partial charge in [-0.1, -0.05) is 0 Å². The fraction of sp³-hybridized carbons (Fsp3) is 0.357. The molecular formula is C14H17N3O. The highest BCUT2D eigenvalue weighted by Crippen LogP contribution is 2.31. The van der Waals surface area contributed by atoms with Crippen LogP contribution in [0.5, 0.6) is 5.75 Å². The molecule has 0 spiro atoms. The van der Waals surface area contributed by atoms with Crippen LogP contribution in [0.2, 0.25) is 0 Å². The molecule has 0 atom stereocenters. The molecule has 0 unspecified atom stereocenters. The van der Waals surface area contributed by atoms with Crippen molar-refractivity contribution >= 4 is 5.69 Å². The Labute approximate surface area is 107 Å². The molecule has 0 radical (unpaired) electrons. The molecule has 18 heavy (non-hydrogen) atoms. The number of hydrogen-bond donors (Lipinski definition) is 1. The minimum Gasteiger partial charge on any atom is -0.497 e. The zero-order chi connectivity index (χ0) is 12.4. The zero-order valence-electron chi connectivity index (χ0n) is 10.5. The molecule has 3 rings (SSSR count). The molecule has 0 amide bonds. The molecule has 0 bridgehead atoms. The van der Waals surface area contributed by atoms with Crippen LogP contribution < -0.4 is 9.64 Å². The number of aromatic nitrogens is 2. The van der Waals surface area contributed by atoms with Crippen molar-refractivity contribution in [3.8, 4) is 5.75 Å². The molecule has 2 heterocycles. The van der Waals surface area contributed by atoms with E-state index >= 15 is 0 Å². The first-order chi connectivity index (χ1) is 8.86. The van der Waals surface area contributed by atoms with Crippen LogP contribution >= 0.6 is 0 Å². The zero-order valence-corrected chi connectivity index (χ0v) is 10.5. The molecule has 4 heteroatoms. The first-order valence-electron chi connectivity index (χ1n) is 6.27. The van der Waals surface area contributed by atoms with Gasteiger partial charge in [0.15, 0.2) is 0 Å². The minimum absolute atomic E-state index is 0.840. The number of hydrogen-bond acceptors (Lipinski definition) is 3. The van der Waals surface area contributed by atoms with Crippen molar-refractivity contribution < 1.29 is 4.74 Å². The maximum absolute atomic E-state index is 5.28. The quantitative estimate of drug-likeness (QED) is 0.899. The summed E-state index contributed by atoms with van der Waals surface area (Å²) in [6.07, 6.45) is 5.98. The average molecular weight is 243 g/mol. The number of ether oxygens (including phenoxy) is 1. The number of nitrogens with zero attached hydrogens (tertiary/aromatic N) is 2. The SMILES string of the molecule is COc1ccc2c(c1)CCCN2Cc1ncc[nH]1. The van der Waals surface area contributed by atoms with Gasteiger partial charge in [0.2, 0.25) is 0 Å². The third-order valence-electron chi connectivity index (χ3n) is 3.40. The van der Waals surface area contributed by atoms with Crippen LogP contribution in [0, 0.1) is 0 Å². The van der Waals surface area contributed by atoms with Gasteiger partial charge in [0, 0.05) is 24.6 Å². The van der Waals surface area contributed by atoms with Crippen molar-refractivity contribution in [3.63, 3.8) is 0 Å². The van der Waals surface area contributed by atoms with Gasteiger partial charge in [-0.3, -0.25) is 0 Å². The Morgan fingerprint density at radius 2 is 2.39 bits per heavy atom. The van der Waals surface area contributed by atoms with Gasteiger partial charge in [-0.15, -0.1) is 0 Å². The Balaban J connectivity index is 1.87. The molecule has 4 nitrogen and oxygen atoms in total. The standard InChI is InChI=1S/C14H17N3O/c1-18-12-4-5-13-11(9-12)3-2-8-17(13)10-14-15-6-7-16-14/h4-7,9H,2-3,8,10H2,1H3,(H,15,16). The number of nitrogens with one attached hydrogen (secondary N) is 1. The third kappa shape index (κ3) is 2.06. The van der Waals surface area contributed by atoms with E-state index in [1.807, 2.05) is 12.3 Å². The van der Waals surface area contributed by atoms with Crippen molar-refractivity contribution in [2.24, 2.45) is 0 Å². The molecule has 2 aromatic rings. The number of aromatic amines is 1. The highest BCUT2D eigenvalue weighted by Gasteiger charge is 2.18. The summed E-state index contributed by atoms with van der Waals surface area (Å²) in [4.78, 5) is 9.83. The van der Waals surface area contributed by atoms with E-state index in [1.54, 1.807) is 13.3 Å². The summed E-state index contributed by atoms with van der Waals surface area (Å²) in [5.74, 6) is 1.95. The summed E-state index contributed by atoms with van der Waals surface area (Å²) < 4.78 is 5.28. The van der Waals surface area contributed by atoms with E-state index in [-0.39, 0.29) is 0 Å². The van der Waals surface area contributed by atoms with Gasteiger partial charge in [0.1, 0.15) is 11.6 Å². The monoisotopic (exact) mass is 243 g/mol. The van der Waals surface area contributed by atoms with E-state index < -0.39 is 0 Å². The largest absolute Gasteiger partial charge is 0.497 e. The Bertz CT molecular complexity index is 522. The highest BCUT2D eigenvalue weighted by molar-refractivity contribution is 5.58. The van der Waals surface area contributed by atoms with Gasteiger partial charge in [-0.2, -0.15) is 0 Å². The summed E-state index contributed by atoms with van der Waals surface area (Å²) in [5, 5.41) is 0. The van der Waals surface area contributed by atoms with Crippen LogP contribution in [0.25, 0.3) is 0 Å². The Morgan fingerprint density at radius 3 is 3.17 bits per heavy atom. The first kappa shape index (κ1) is 11.1. The predicted octanol–water partition coefficient (Wildman–Crippen LogP) is 2.37. The van der Waals surface area contributed by atoms with Crippen molar-refractivity contribution in [1.82, 2.24) is 9.97 Å². The molecule has 1 aromatic carbocycles. The lowest BCUT2D eigenvalue weighted by Gasteiger charge is -2.30. The first-order valence-corrected chi connectivity index (χ1v) is 6.27. The lowest BCUT2D eigenvalue weighted by atomic mass is 10.0. The van der Waals surface area contributed by atoms with E-state index in [1.165, 1.54) is 17.7 Å². The molecule has 0 saturated heterocycles. The molecule has 0 aliphatic carbocycles. The Morgan fingerprint density at radius 1 is 1.44 bits per heavy atom. The number of rotatable bonds is 3. The smallest absolute Gasteiger partial charge is 0.125 e. The fourth-order valence-corrected chi connectivity index (χ4v) is 2.51. The second-order valence-corrected chi connectivity index (χ2v) is 4.56. The Kier molecular flexibility index (Phi) is 2.92. The maximum Gasteiger partial charge on any atom is 0.125 e. The van der Waals surface area contributed by atoms with Crippen LogP contribution in [0.4, 0.5) is 5.69 Å². The van der Waals surface area contributed by atoms with Crippen LogP contribution in [-0.2, 0) is 13.0 Å². The van der Waals surface area contributed by atoms with E-state index in [9.17, 15) is 0 Å². The van der Waals surface area contributed by atoms with Crippen LogP contribution in [0.3, 0.4) is 0 Å². The molecular weight excluding hydrogens is 226 g/mol. The van der Waals surface area contributed by atoms with Crippen LogP contribution in [-0.4, -0.2) is 23.6 Å². The summed E-state index contributed by atoms with van der Waals surface area (Å²) >= 11 is 0. The maximum atomic E-state index is 5.28. The van der Waals surface area contributed by atoms with Gasteiger partial charge in [-0.25, -0.2) is 4.98 Å². The molecule has 0 fully saturated rings. The lowest BCUT2D eigenvalue weighted by molar-refractivity contribution is 0.414. The van der Waals surface area contributed by atoms with Crippen molar-refractivity contribution in [1.29, 1.82) is 0 Å². The number of anilines is 1. The summed E-state index contributed by atoms with van der Waals surface area (Å²) in [7, 11) is 1.71. The number of fused-ring (bicyclic) bond motifs is 1. The fourth-order valence-electron chi connectivity index (χ4n) is 2.51. The Hall–Kier alpha value is -1.97. The summed E-state index contributed by atoms with van der Waals surface area (Å²) in [5.41, 5.74) is 2.67. The average Bonchev–Trinajstić information content (AvgIpc) is 2.91. The second-order valence-electron chi connectivity index (χ2n) is 4.56. The number of benzene rings is 1.